The van der Waals surface area contributed by atoms with Crippen molar-refractivity contribution < 1.29 is 43.2 Å². The van der Waals surface area contributed by atoms with Crippen LogP contribution in [-0.2, 0) is 31.9 Å². The van der Waals surface area contributed by atoms with Crippen LogP contribution >= 0.6 is 23.2 Å². The average molecular weight is 970 g/mol. The number of benzene rings is 4. The monoisotopic (exact) mass is 968 g/mol. The van der Waals surface area contributed by atoms with E-state index in [1.54, 1.807) is 92.4 Å². The summed E-state index contributed by atoms with van der Waals surface area (Å²) in [4.78, 5) is 55.1. The maximum Gasteiger partial charge on any atom is 0.338 e. The molecule has 1 saturated heterocycles. The number of halogens is 2. The highest BCUT2D eigenvalue weighted by Crippen LogP contribution is 2.41. The Morgan fingerprint density at radius 1 is 0.667 bits per heavy atom. The summed E-state index contributed by atoms with van der Waals surface area (Å²) in [6.45, 7) is 4.83. The van der Waals surface area contributed by atoms with Crippen LogP contribution < -0.4 is 20.1 Å². The molecule has 3 aliphatic rings. The predicted molar refractivity (Wildman–Crippen MR) is 266 cm³/mol. The van der Waals surface area contributed by atoms with Gasteiger partial charge in [-0.05, 0) is 126 Å². The Morgan fingerprint density at radius 3 is 1.52 bits per heavy atom. The molecule has 3 aliphatic heterocycles. The lowest BCUT2D eigenvalue weighted by Gasteiger charge is -2.11. The van der Waals surface area contributed by atoms with Crippen LogP contribution in [0.25, 0.3) is 34.4 Å². The number of carbonyl (C=O) groups is 4. The van der Waals surface area contributed by atoms with Gasteiger partial charge in [0.05, 0.1) is 40.9 Å². The summed E-state index contributed by atoms with van der Waals surface area (Å²) < 4.78 is 21.9. The minimum absolute atomic E-state index is 0.199. The SMILES string of the molecule is C1CCOC1.CCOC(=O)c1ccc(-c2cc(Cl)c3c(c2)CC(CNC(=O)/C=C/c2cccnc2)O3)cc1.O=C(/C=C/c1cccnc1)NCC1Cc2cc(-c3ccc(C(=O)O)cc3)cc(Cl)c2O1. The molecule has 6 aromatic rings. The fraction of sp³-hybridized carbons (Fsp3) is 0.222. The van der Waals surface area contributed by atoms with Crippen LogP contribution in [0, 0.1) is 0 Å². The van der Waals surface area contributed by atoms with Crippen molar-refractivity contribution >= 4 is 59.1 Å². The van der Waals surface area contributed by atoms with E-state index in [1.165, 1.54) is 25.0 Å². The molecule has 4 aromatic carbocycles. The minimum atomic E-state index is -0.966. The molecular weight excluding hydrogens is 920 g/mol. The molecule has 2 amide bonds. The Balaban J connectivity index is 0.000000185. The van der Waals surface area contributed by atoms with Gasteiger partial charge in [-0.25, -0.2) is 9.59 Å². The van der Waals surface area contributed by atoms with Crippen LogP contribution in [0.5, 0.6) is 11.5 Å². The summed E-state index contributed by atoms with van der Waals surface area (Å²) in [6.07, 6.45) is 16.5. The Bertz CT molecular complexity index is 2780. The third-order valence-corrected chi connectivity index (χ3v) is 11.5. The average Bonchev–Trinajstić information content (AvgIpc) is 4.18. The number of fused-ring (bicyclic) bond motifs is 2. The van der Waals surface area contributed by atoms with Crippen molar-refractivity contribution in [3.8, 4) is 33.8 Å². The first kappa shape index (κ1) is 49.6. The van der Waals surface area contributed by atoms with Crippen molar-refractivity contribution in [1.29, 1.82) is 0 Å². The number of rotatable bonds is 13. The lowest BCUT2D eigenvalue weighted by molar-refractivity contribution is -0.117. The molecule has 0 radical (unpaired) electrons. The zero-order valence-corrected chi connectivity index (χ0v) is 39.3. The van der Waals surface area contributed by atoms with E-state index >= 15 is 0 Å². The number of hydrogen-bond donors (Lipinski definition) is 3. The van der Waals surface area contributed by atoms with E-state index < -0.39 is 5.97 Å². The van der Waals surface area contributed by atoms with Crippen molar-refractivity contribution in [2.75, 3.05) is 32.9 Å². The maximum atomic E-state index is 12.1. The first-order valence-corrected chi connectivity index (χ1v) is 23.2. The lowest BCUT2D eigenvalue weighted by atomic mass is 10.00. The second-order valence-corrected chi connectivity index (χ2v) is 16.8. The second kappa shape index (κ2) is 24.6. The fourth-order valence-electron chi connectivity index (χ4n) is 7.50. The van der Waals surface area contributed by atoms with Crippen LogP contribution in [0.4, 0.5) is 0 Å². The third-order valence-electron chi connectivity index (χ3n) is 11.0. The summed E-state index contributed by atoms with van der Waals surface area (Å²) in [6, 6.07) is 28.9. The van der Waals surface area contributed by atoms with Crippen molar-refractivity contribution in [1.82, 2.24) is 20.6 Å². The van der Waals surface area contributed by atoms with Crippen LogP contribution in [0.15, 0.2) is 134 Å². The van der Waals surface area contributed by atoms with Crippen molar-refractivity contribution in [3.05, 3.63) is 177 Å². The first-order valence-electron chi connectivity index (χ1n) is 22.4. The van der Waals surface area contributed by atoms with Gasteiger partial charge in [0.1, 0.15) is 23.7 Å². The van der Waals surface area contributed by atoms with Gasteiger partial charge in [-0.1, -0.05) is 59.6 Å². The summed E-state index contributed by atoms with van der Waals surface area (Å²) in [5.74, 6) is -0.455. The summed E-state index contributed by atoms with van der Waals surface area (Å²) in [5, 5.41) is 15.8. The Morgan fingerprint density at radius 2 is 1.13 bits per heavy atom. The molecule has 3 N–H and O–H groups in total. The first-order chi connectivity index (χ1) is 33.5. The van der Waals surface area contributed by atoms with E-state index in [4.69, 9.17) is 47.3 Å². The number of nitrogens with zero attached hydrogens (tertiary/aromatic N) is 2. The van der Waals surface area contributed by atoms with Gasteiger partial charge < -0.3 is 34.7 Å². The van der Waals surface area contributed by atoms with Crippen molar-refractivity contribution in [2.45, 2.75) is 44.8 Å². The van der Waals surface area contributed by atoms with Crippen LogP contribution in [0.2, 0.25) is 10.0 Å². The molecule has 354 valence electrons. The highest BCUT2D eigenvalue weighted by molar-refractivity contribution is 6.33. The zero-order valence-electron chi connectivity index (χ0n) is 37.7. The number of carboxylic acid groups (broad SMARTS) is 1. The van der Waals surface area contributed by atoms with Crippen LogP contribution in [0.1, 0.15) is 62.7 Å². The number of ether oxygens (including phenoxy) is 4. The molecule has 1 fully saturated rings. The number of pyridine rings is 2. The number of aromatic nitrogens is 2. The van der Waals surface area contributed by atoms with Crippen LogP contribution in [-0.4, -0.2) is 83.9 Å². The molecule has 5 heterocycles. The van der Waals surface area contributed by atoms with Gasteiger partial charge >= 0.3 is 11.9 Å². The number of hydrogen-bond acceptors (Lipinski definition) is 10. The maximum absolute atomic E-state index is 12.1. The molecule has 9 rings (SSSR count). The fourth-order valence-corrected chi connectivity index (χ4v) is 8.07. The number of aromatic carboxylic acids is 1. The molecule has 0 bridgehead atoms. The number of esters is 1. The number of carboxylic acids is 1. The lowest BCUT2D eigenvalue weighted by Crippen LogP contribution is -2.33. The molecule has 15 heteroatoms. The van der Waals surface area contributed by atoms with E-state index in [-0.39, 0.29) is 35.6 Å². The molecule has 2 atom stereocenters. The van der Waals surface area contributed by atoms with Crippen molar-refractivity contribution in [3.63, 3.8) is 0 Å². The third kappa shape index (κ3) is 14.3. The Hall–Kier alpha value is -7.32. The molecular formula is C54H50Cl2N4O9. The quantitative estimate of drug-likeness (QED) is 0.0742. The molecule has 0 saturated carbocycles. The van der Waals surface area contributed by atoms with E-state index in [1.807, 2.05) is 48.5 Å². The van der Waals surface area contributed by atoms with E-state index in [9.17, 15) is 19.2 Å². The van der Waals surface area contributed by atoms with Gasteiger partial charge in [0.25, 0.3) is 0 Å². The minimum Gasteiger partial charge on any atom is -0.486 e. The van der Waals surface area contributed by atoms with Crippen LogP contribution in [0.3, 0.4) is 0 Å². The standard InChI is InChI=1S/C26H23ClN2O4.C24H19ClN2O4.C4H8O/c1-2-32-26(31)19-8-6-18(7-9-19)20-12-21-13-22(33-25(21)23(27)14-20)16-29-24(30)10-5-17-4-3-11-28-15-17;25-21-12-18(16-4-6-17(7-5-16)24(29)30)10-19-11-20(31-23(19)21)14-27-22(28)8-3-15-2-1-9-26-13-15;1-2-4-5-3-1/h3-12,14-15,22H,2,13,16H2,1H3,(H,29,30);1-10,12-13,20H,11,14H2,(H,27,28)(H,29,30);1-4H2/b10-5+;8-3+;. The van der Waals surface area contributed by atoms with Gasteiger partial charge in [-0.2, -0.15) is 0 Å². The second-order valence-electron chi connectivity index (χ2n) is 16.0. The number of nitrogens with one attached hydrogen (secondary N) is 2. The Kier molecular flexibility index (Phi) is 17.7. The number of amides is 2. The van der Waals surface area contributed by atoms with Gasteiger partial charge in [0.2, 0.25) is 11.8 Å². The van der Waals surface area contributed by atoms with E-state index in [0.29, 0.717) is 59.6 Å². The summed E-state index contributed by atoms with van der Waals surface area (Å²) in [5.41, 5.74) is 7.99. The molecule has 13 nitrogen and oxygen atoms in total. The van der Waals surface area contributed by atoms with Gasteiger partial charge in [-0.15, -0.1) is 0 Å². The molecule has 2 aromatic heterocycles. The normalized spacial score (nSPS) is 15.3. The zero-order chi connectivity index (χ0) is 48.5. The summed E-state index contributed by atoms with van der Waals surface area (Å²) in [7, 11) is 0. The molecule has 2 unspecified atom stereocenters. The highest BCUT2D eigenvalue weighted by Gasteiger charge is 2.28. The molecule has 0 spiro atoms. The highest BCUT2D eigenvalue weighted by atomic mass is 35.5. The Labute approximate surface area is 410 Å². The largest absolute Gasteiger partial charge is 0.486 e. The molecule has 69 heavy (non-hydrogen) atoms. The van der Waals surface area contributed by atoms with Gasteiger partial charge in [0, 0.05) is 74.1 Å². The predicted octanol–water partition coefficient (Wildman–Crippen LogP) is 9.74. The molecule has 0 aliphatic carbocycles. The van der Waals surface area contributed by atoms with Gasteiger partial charge in [-0.3, -0.25) is 19.6 Å². The van der Waals surface area contributed by atoms with Crippen molar-refractivity contribution in [2.24, 2.45) is 0 Å². The van der Waals surface area contributed by atoms with E-state index in [2.05, 4.69) is 20.6 Å². The van der Waals surface area contributed by atoms with Gasteiger partial charge in [0.15, 0.2) is 0 Å². The number of carbonyl (C=O) groups excluding carboxylic acids is 3. The topological polar surface area (TPSA) is 175 Å². The van der Waals surface area contributed by atoms with E-state index in [0.717, 1.165) is 57.7 Å². The smallest absolute Gasteiger partial charge is 0.338 e. The summed E-state index contributed by atoms with van der Waals surface area (Å²) >= 11 is 12.9.